The zero-order chi connectivity index (χ0) is 29.5. The molecule has 8 aromatic rings. The highest BCUT2D eigenvalue weighted by Gasteiger charge is 2.35. The van der Waals surface area contributed by atoms with Crippen LogP contribution in [0.15, 0.2) is 120 Å². The van der Waals surface area contributed by atoms with E-state index in [0.29, 0.717) is 66.7 Å². The first-order valence-corrected chi connectivity index (χ1v) is 14.1. The lowest BCUT2D eigenvalue weighted by atomic mass is 9.90. The predicted molar refractivity (Wildman–Crippen MR) is 169 cm³/mol. The lowest BCUT2D eigenvalue weighted by Gasteiger charge is -2.27. The minimum absolute atomic E-state index is 0.326. The van der Waals surface area contributed by atoms with Gasteiger partial charge in [-0.05, 0) is 36.4 Å². The van der Waals surface area contributed by atoms with Crippen LogP contribution in [0.5, 0.6) is 0 Å². The maximum Gasteiger partial charge on any atom is 0.266 e. The first kappa shape index (κ1) is 24.3. The van der Waals surface area contributed by atoms with Gasteiger partial charge in [-0.1, -0.05) is 78.9 Å². The molecule has 8 heteroatoms. The number of fused-ring (bicyclic) bond motifs is 4. The SMILES string of the molecule is O=C1c2ccc3c(=O)n4c5nc(-c6ccccc6)c(-c6ccccc6)nc5nc4c4ccc(c2c34)C(=O)N1c1ccccc1. The van der Waals surface area contributed by atoms with E-state index in [-0.39, 0.29) is 5.56 Å². The van der Waals surface area contributed by atoms with Gasteiger partial charge in [-0.15, -0.1) is 0 Å². The fraction of sp³-hybridized carbons (Fsp3) is 0. The number of rotatable bonds is 3. The van der Waals surface area contributed by atoms with Gasteiger partial charge in [0.15, 0.2) is 16.9 Å². The molecule has 8 nitrogen and oxygen atoms in total. The summed E-state index contributed by atoms with van der Waals surface area (Å²) in [7, 11) is 0. The molecule has 9 rings (SSSR count). The molecule has 0 saturated carbocycles. The molecule has 0 unspecified atom stereocenters. The van der Waals surface area contributed by atoms with Gasteiger partial charge in [0.05, 0.1) is 17.1 Å². The average molecular weight is 570 g/mol. The number of amides is 2. The molecule has 5 aromatic carbocycles. The highest BCUT2D eigenvalue weighted by molar-refractivity contribution is 6.38. The molecular formula is C36H19N5O3. The Morgan fingerprint density at radius 2 is 1.02 bits per heavy atom. The van der Waals surface area contributed by atoms with Crippen molar-refractivity contribution in [3.05, 3.63) is 137 Å². The summed E-state index contributed by atoms with van der Waals surface area (Å²) in [6.07, 6.45) is 0. The molecule has 1 aliphatic rings. The monoisotopic (exact) mass is 569 g/mol. The molecule has 0 radical (unpaired) electrons. The molecule has 0 aliphatic carbocycles. The highest BCUT2D eigenvalue weighted by atomic mass is 16.2. The van der Waals surface area contributed by atoms with E-state index in [0.717, 1.165) is 11.1 Å². The van der Waals surface area contributed by atoms with Crippen LogP contribution in [0.25, 0.3) is 61.0 Å². The summed E-state index contributed by atoms with van der Waals surface area (Å²) in [5, 5.41) is 2.01. The minimum Gasteiger partial charge on any atom is -0.268 e. The molecule has 44 heavy (non-hydrogen) atoms. The summed E-state index contributed by atoms with van der Waals surface area (Å²) in [5.41, 5.74) is 4.91. The average Bonchev–Trinajstić information content (AvgIpc) is 3.46. The van der Waals surface area contributed by atoms with Crippen molar-refractivity contribution in [1.29, 1.82) is 0 Å². The van der Waals surface area contributed by atoms with Crippen molar-refractivity contribution in [3.8, 4) is 22.5 Å². The number of nitrogens with zero attached hydrogens (tertiary/aromatic N) is 5. The largest absolute Gasteiger partial charge is 0.268 e. The summed E-state index contributed by atoms with van der Waals surface area (Å²) < 4.78 is 1.49. The second-order valence-corrected chi connectivity index (χ2v) is 10.7. The number of hydrogen-bond donors (Lipinski definition) is 0. The fourth-order valence-corrected chi connectivity index (χ4v) is 6.34. The summed E-state index contributed by atoms with van der Waals surface area (Å²) in [5.74, 6) is -0.875. The second kappa shape index (κ2) is 8.86. The molecule has 206 valence electrons. The fourth-order valence-electron chi connectivity index (χ4n) is 6.34. The van der Waals surface area contributed by atoms with E-state index >= 15 is 0 Å². The number of carbonyl (C=O) groups excluding carboxylic acids is 2. The van der Waals surface area contributed by atoms with Crippen molar-refractivity contribution in [3.63, 3.8) is 0 Å². The van der Waals surface area contributed by atoms with Crippen LogP contribution in [0, 0.1) is 0 Å². The van der Waals surface area contributed by atoms with Crippen molar-refractivity contribution < 1.29 is 9.59 Å². The molecular weight excluding hydrogens is 550 g/mol. The van der Waals surface area contributed by atoms with E-state index < -0.39 is 11.8 Å². The Labute approximate surface area is 248 Å². The van der Waals surface area contributed by atoms with Crippen LogP contribution in [0.1, 0.15) is 20.7 Å². The van der Waals surface area contributed by atoms with Crippen LogP contribution < -0.4 is 10.5 Å². The number of pyridine rings is 1. The number of imide groups is 1. The van der Waals surface area contributed by atoms with Gasteiger partial charge in [0.25, 0.3) is 17.4 Å². The maximum absolute atomic E-state index is 14.2. The van der Waals surface area contributed by atoms with Gasteiger partial charge in [-0.3, -0.25) is 14.4 Å². The standard InChI is InChI=1S/C36H19N5O3/c42-34-25-17-16-23-27-24(18-19-26(28(25)27)35(43)40(34)22-14-8-3-9-15-22)36(44)41-32(23)39-31-33(41)38-30(21-12-6-2-7-13-21)29(37-31)20-10-4-1-5-11-20/h1-19H. The van der Waals surface area contributed by atoms with E-state index in [1.54, 1.807) is 48.5 Å². The van der Waals surface area contributed by atoms with Gasteiger partial charge in [-0.25, -0.2) is 24.3 Å². The van der Waals surface area contributed by atoms with E-state index in [4.69, 9.17) is 15.0 Å². The number of benzene rings is 5. The van der Waals surface area contributed by atoms with Gasteiger partial charge in [0, 0.05) is 43.8 Å². The Morgan fingerprint density at radius 1 is 0.477 bits per heavy atom. The van der Waals surface area contributed by atoms with E-state index in [2.05, 4.69) is 0 Å². The van der Waals surface area contributed by atoms with Crippen molar-refractivity contribution in [2.75, 3.05) is 4.90 Å². The predicted octanol–water partition coefficient (Wildman–Crippen LogP) is 6.52. The van der Waals surface area contributed by atoms with Gasteiger partial charge < -0.3 is 0 Å². The Morgan fingerprint density at radius 3 is 1.64 bits per heavy atom. The molecule has 0 N–H and O–H groups in total. The molecule has 1 aliphatic heterocycles. The Bertz CT molecular complexity index is 2520. The number of hydrogen-bond acceptors (Lipinski definition) is 6. The van der Waals surface area contributed by atoms with Gasteiger partial charge in [-0.2, -0.15) is 0 Å². The Hall–Kier alpha value is -6.28. The van der Waals surface area contributed by atoms with Crippen LogP contribution in [0.2, 0.25) is 0 Å². The number of para-hydroxylation sites is 1. The Balaban J connectivity index is 1.36. The summed E-state index contributed by atoms with van der Waals surface area (Å²) >= 11 is 0. The molecule has 2 amide bonds. The van der Waals surface area contributed by atoms with Crippen LogP contribution >= 0.6 is 0 Å². The van der Waals surface area contributed by atoms with Crippen LogP contribution in [0.3, 0.4) is 0 Å². The second-order valence-electron chi connectivity index (χ2n) is 10.7. The summed E-state index contributed by atoms with van der Waals surface area (Å²) in [6, 6.07) is 35.1. The van der Waals surface area contributed by atoms with Gasteiger partial charge in [0.2, 0.25) is 0 Å². The van der Waals surface area contributed by atoms with Gasteiger partial charge in [0.1, 0.15) is 0 Å². The minimum atomic E-state index is -0.438. The third-order valence-corrected chi connectivity index (χ3v) is 8.31. The smallest absolute Gasteiger partial charge is 0.266 e. The quantitative estimate of drug-likeness (QED) is 0.225. The van der Waals surface area contributed by atoms with Crippen molar-refractivity contribution in [2.24, 2.45) is 0 Å². The lowest BCUT2D eigenvalue weighted by Crippen LogP contribution is -2.40. The number of carbonyl (C=O) groups is 2. The van der Waals surface area contributed by atoms with Crippen LogP contribution in [-0.4, -0.2) is 31.2 Å². The van der Waals surface area contributed by atoms with Crippen molar-refractivity contribution in [1.82, 2.24) is 19.4 Å². The molecule has 0 spiro atoms. The molecule has 3 aromatic heterocycles. The van der Waals surface area contributed by atoms with E-state index in [1.807, 2.05) is 66.7 Å². The first-order valence-electron chi connectivity index (χ1n) is 14.1. The normalized spacial score (nSPS) is 13.1. The lowest BCUT2D eigenvalue weighted by molar-refractivity contribution is 0.0893. The highest BCUT2D eigenvalue weighted by Crippen LogP contribution is 2.39. The first-order chi connectivity index (χ1) is 21.6. The van der Waals surface area contributed by atoms with Crippen LogP contribution in [-0.2, 0) is 0 Å². The van der Waals surface area contributed by atoms with Crippen molar-refractivity contribution >= 4 is 56.0 Å². The summed E-state index contributed by atoms with van der Waals surface area (Å²) in [4.78, 5) is 57.7. The Kier molecular flexibility index (Phi) is 4.90. The number of imidazole rings is 1. The third-order valence-electron chi connectivity index (χ3n) is 8.31. The number of anilines is 1. The van der Waals surface area contributed by atoms with Crippen molar-refractivity contribution in [2.45, 2.75) is 0 Å². The molecule has 0 saturated heterocycles. The summed E-state index contributed by atoms with van der Waals surface area (Å²) in [6.45, 7) is 0. The molecule has 0 bridgehead atoms. The third kappa shape index (κ3) is 3.22. The number of aromatic nitrogens is 4. The van der Waals surface area contributed by atoms with E-state index in [1.165, 1.54) is 9.30 Å². The zero-order valence-corrected chi connectivity index (χ0v) is 22.9. The molecule has 0 atom stereocenters. The zero-order valence-electron chi connectivity index (χ0n) is 22.9. The molecule has 4 heterocycles. The van der Waals surface area contributed by atoms with Gasteiger partial charge >= 0.3 is 0 Å². The maximum atomic E-state index is 14.2. The molecule has 0 fully saturated rings. The van der Waals surface area contributed by atoms with E-state index in [9.17, 15) is 14.4 Å². The topological polar surface area (TPSA) is 97.5 Å². The van der Waals surface area contributed by atoms with Crippen LogP contribution in [0.4, 0.5) is 5.69 Å².